The van der Waals surface area contributed by atoms with Crippen LogP contribution in [0.4, 0.5) is 13.2 Å². The van der Waals surface area contributed by atoms with E-state index in [0.29, 0.717) is 15.1 Å². The summed E-state index contributed by atoms with van der Waals surface area (Å²) in [6, 6.07) is 7.65. The van der Waals surface area contributed by atoms with Crippen LogP contribution in [0, 0.1) is 6.92 Å². The maximum Gasteiger partial charge on any atom is 0.433 e. The van der Waals surface area contributed by atoms with Crippen LogP contribution < -0.4 is 5.32 Å². The molecule has 4 aromatic rings. The number of aryl methyl sites for hydroxylation is 3. The predicted octanol–water partition coefficient (Wildman–Crippen LogP) is 4.01. The summed E-state index contributed by atoms with van der Waals surface area (Å²) in [5.41, 5.74) is 0.568. The maximum atomic E-state index is 13.7. The van der Waals surface area contributed by atoms with Crippen LogP contribution in [0.5, 0.6) is 0 Å². The number of nitrogens with zero attached hydrogens (tertiary/aromatic N) is 5. The topological polar surface area (TPSA) is 77.1 Å². The van der Waals surface area contributed by atoms with Crippen molar-refractivity contribution in [2.75, 3.05) is 0 Å². The first-order valence-electron chi connectivity index (χ1n) is 9.50. The molecular weight excluding hydrogens is 429 g/mol. The fourth-order valence-corrected chi connectivity index (χ4v) is 4.01. The Labute approximate surface area is 179 Å². The van der Waals surface area contributed by atoms with Crippen molar-refractivity contribution in [1.82, 2.24) is 29.7 Å². The number of amides is 1. The zero-order chi connectivity index (χ0) is 22.3. The molecule has 0 atom stereocenters. The SMILES string of the molecule is CCc1ccc(-c2cc(C(F)(F)F)n3nc(C(=O)NCc4cc(C)n(C)n4)cc3n2)s1. The number of nitrogens with one attached hydrogen (secondary N) is 1. The highest BCUT2D eigenvalue weighted by molar-refractivity contribution is 7.15. The van der Waals surface area contributed by atoms with E-state index in [4.69, 9.17) is 0 Å². The van der Waals surface area contributed by atoms with E-state index >= 15 is 0 Å². The van der Waals surface area contributed by atoms with Gasteiger partial charge in [0, 0.05) is 23.7 Å². The normalized spacial score (nSPS) is 11.9. The molecule has 11 heteroatoms. The van der Waals surface area contributed by atoms with Crippen molar-refractivity contribution in [3.63, 3.8) is 0 Å². The number of halogens is 3. The van der Waals surface area contributed by atoms with Gasteiger partial charge in [-0.15, -0.1) is 11.3 Å². The van der Waals surface area contributed by atoms with Crippen LogP contribution in [0.3, 0.4) is 0 Å². The molecule has 0 radical (unpaired) electrons. The molecule has 4 rings (SSSR count). The number of rotatable bonds is 5. The van der Waals surface area contributed by atoms with Gasteiger partial charge in [0.15, 0.2) is 17.0 Å². The minimum absolute atomic E-state index is 0.0462. The average molecular weight is 448 g/mol. The van der Waals surface area contributed by atoms with Gasteiger partial charge in [-0.1, -0.05) is 6.92 Å². The fourth-order valence-electron chi connectivity index (χ4n) is 3.10. The van der Waals surface area contributed by atoms with Crippen LogP contribution in [-0.2, 0) is 26.2 Å². The molecule has 0 unspecified atom stereocenters. The van der Waals surface area contributed by atoms with Gasteiger partial charge in [0.25, 0.3) is 5.91 Å². The van der Waals surface area contributed by atoms with Crippen molar-refractivity contribution in [2.24, 2.45) is 7.05 Å². The first-order chi connectivity index (χ1) is 14.7. The molecule has 0 saturated carbocycles. The van der Waals surface area contributed by atoms with Crippen molar-refractivity contribution in [2.45, 2.75) is 33.0 Å². The minimum atomic E-state index is -4.66. The Balaban J connectivity index is 1.68. The lowest BCUT2D eigenvalue weighted by atomic mass is 10.2. The van der Waals surface area contributed by atoms with Crippen molar-refractivity contribution >= 4 is 22.9 Å². The number of hydrogen-bond donors (Lipinski definition) is 1. The highest BCUT2D eigenvalue weighted by Gasteiger charge is 2.35. The molecule has 1 N–H and O–H groups in total. The summed E-state index contributed by atoms with van der Waals surface area (Å²) in [5.74, 6) is -0.604. The molecule has 1 amide bonds. The summed E-state index contributed by atoms with van der Waals surface area (Å²) in [4.78, 5) is 18.5. The summed E-state index contributed by atoms with van der Waals surface area (Å²) >= 11 is 1.39. The Kier molecular flexibility index (Phi) is 5.29. The van der Waals surface area contributed by atoms with Crippen LogP contribution >= 0.6 is 11.3 Å². The van der Waals surface area contributed by atoms with Crippen LogP contribution in [0.2, 0.25) is 0 Å². The van der Waals surface area contributed by atoms with Gasteiger partial charge in [-0.2, -0.15) is 23.4 Å². The third-order valence-corrected chi connectivity index (χ3v) is 6.06. The van der Waals surface area contributed by atoms with E-state index in [9.17, 15) is 18.0 Å². The summed E-state index contributed by atoms with van der Waals surface area (Å²) in [6.45, 7) is 3.98. The lowest BCUT2D eigenvalue weighted by Gasteiger charge is -2.10. The van der Waals surface area contributed by atoms with Gasteiger partial charge < -0.3 is 5.32 Å². The monoisotopic (exact) mass is 448 g/mol. The summed E-state index contributed by atoms with van der Waals surface area (Å²) in [7, 11) is 1.78. The quantitative estimate of drug-likeness (QED) is 0.501. The van der Waals surface area contributed by atoms with E-state index in [-0.39, 0.29) is 23.6 Å². The number of carbonyl (C=O) groups is 1. The largest absolute Gasteiger partial charge is 0.433 e. The van der Waals surface area contributed by atoms with E-state index in [1.165, 1.54) is 17.4 Å². The molecule has 0 aliphatic rings. The van der Waals surface area contributed by atoms with Gasteiger partial charge in [-0.05, 0) is 37.6 Å². The third-order valence-electron chi connectivity index (χ3n) is 4.81. The van der Waals surface area contributed by atoms with E-state index in [0.717, 1.165) is 23.1 Å². The number of hydrogen-bond acceptors (Lipinski definition) is 5. The van der Waals surface area contributed by atoms with Gasteiger partial charge in [-0.3, -0.25) is 9.48 Å². The van der Waals surface area contributed by atoms with Gasteiger partial charge in [0.2, 0.25) is 0 Å². The third kappa shape index (κ3) is 4.18. The number of alkyl halides is 3. The average Bonchev–Trinajstić information content (AvgIpc) is 3.43. The number of carbonyl (C=O) groups excluding carboxylic acids is 1. The smallest absolute Gasteiger partial charge is 0.345 e. The molecule has 0 bridgehead atoms. The predicted molar refractivity (Wildman–Crippen MR) is 110 cm³/mol. The number of thiophene rings is 1. The second kappa shape index (κ2) is 7.80. The number of aromatic nitrogens is 5. The Morgan fingerprint density at radius 3 is 2.58 bits per heavy atom. The summed E-state index contributed by atoms with van der Waals surface area (Å²) < 4.78 is 43.5. The minimum Gasteiger partial charge on any atom is -0.345 e. The zero-order valence-electron chi connectivity index (χ0n) is 17.0. The Hall–Kier alpha value is -3.21. The highest BCUT2D eigenvalue weighted by Crippen LogP contribution is 2.34. The standard InChI is InChI=1S/C20H19F3N6OS/c1-4-13-5-6-16(31-13)14-8-17(20(21,22)23)29-18(25-14)9-15(27-29)19(30)24-10-12-7-11(2)28(3)26-12/h5-9H,4,10H2,1-3H3,(H,24,30). The molecule has 0 fully saturated rings. The van der Waals surface area contributed by atoms with Gasteiger partial charge in [0.1, 0.15) is 0 Å². The second-order valence-electron chi connectivity index (χ2n) is 7.03. The van der Waals surface area contributed by atoms with Crippen LogP contribution in [0.25, 0.3) is 16.2 Å². The summed E-state index contributed by atoms with van der Waals surface area (Å²) in [6.07, 6.45) is -3.88. The lowest BCUT2D eigenvalue weighted by molar-refractivity contribution is -0.142. The molecule has 0 saturated heterocycles. The molecule has 0 spiro atoms. The Bertz CT molecular complexity index is 1250. The lowest BCUT2D eigenvalue weighted by Crippen LogP contribution is -2.23. The molecule has 162 valence electrons. The summed E-state index contributed by atoms with van der Waals surface area (Å²) in [5, 5.41) is 10.7. The van der Waals surface area contributed by atoms with E-state index < -0.39 is 17.8 Å². The van der Waals surface area contributed by atoms with E-state index in [2.05, 4.69) is 20.5 Å². The Morgan fingerprint density at radius 2 is 1.97 bits per heavy atom. The molecule has 0 aliphatic heterocycles. The molecule has 7 nitrogen and oxygen atoms in total. The van der Waals surface area contributed by atoms with Crippen LogP contribution in [0.1, 0.15) is 39.4 Å². The van der Waals surface area contributed by atoms with E-state index in [1.807, 2.05) is 26.0 Å². The highest BCUT2D eigenvalue weighted by atomic mass is 32.1. The van der Waals surface area contributed by atoms with Gasteiger partial charge in [0.05, 0.1) is 22.8 Å². The van der Waals surface area contributed by atoms with Crippen molar-refractivity contribution < 1.29 is 18.0 Å². The molecule has 31 heavy (non-hydrogen) atoms. The zero-order valence-corrected chi connectivity index (χ0v) is 17.8. The van der Waals surface area contributed by atoms with Gasteiger partial charge >= 0.3 is 6.18 Å². The maximum absolute atomic E-state index is 13.7. The van der Waals surface area contributed by atoms with Crippen LogP contribution in [0.15, 0.2) is 30.3 Å². The first kappa shape index (κ1) is 21.0. The van der Waals surface area contributed by atoms with Crippen molar-refractivity contribution in [1.29, 1.82) is 0 Å². The first-order valence-corrected chi connectivity index (χ1v) is 10.3. The molecule has 0 aliphatic carbocycles. The molecule has 4 heterocycles. The van der Waals surface area contributed by atoms with Gasteiger partial charge in [-0.25, -0.2) is 9.50 Å². The van der Waals surface area contributed by atoms with Crippen molar-refractivity contribution in [3.8, 4) is 10.6 Å². The van der Waals surface area contributed by atoms with E-state index in [1.54, 1.807) is 17.8 Å². The second-order valence-corrected chi connectivity index (χ2v) is 8.20. The van der Waals surface area contributed by atoms with Crippen molar-refractivity contribution in [3.05, 3.63) is 58.0 Å². The Morgan fingerprint density at radius 1 is 1.19 bits per heavy atom. The molecule has 4 aromatic heterocycles. The molecular formula is C20H19F3N6OS. The van der Waals surface area contributed by atoms with Crippen LogP contribution in [-0.4, -0.2) is 30.3 Å². The number of fused-ring (bicyclic) bond motifs is 1. The fraction of sp³-hybridized carbons (Fsp3) is 0.300. The molecule has 0 aromatic carbocycles.